The molecule has 0 unspecified atom stereocenters. The van der Waals surface area contributed by atoms with Gasteiger partial charge >= 0.3 is 5.97 Å². The van der Waals surface area contributed by atoms with Gasteiger partial charge in [0.25, 0.3) is 5.91 Å². The first kappa shape index (κ1) is 21.9. The van der Waals surface area contributed by atoms with E-state index in [0.29, 0.717) is 24.4 Å². The van der Waals surface area contributed by atoms with E-state index < -0.39 is 5.97 Å². The van der Waals surface area contributed by atoms with Gasteiger partial charge in [-0.2, -0.15) is 4.98 Å². The molecule has 1 N–H and O–H groups in total. The lowest BCUT2D eigenvalue weighted by molar-refractivity contribution is -0.148. The summed E-state index contributed by atoms with van der Waals surface area (Å²) in [5, 5.41) is 6.50. The molecule has 1 heterocycles. The van der Waals surface area contributed by atoms with E-state index in [1.165, 1.54) is 24.3 Å². The highest BCUT2D eigenvalue weighted by molar-refractivity contribution is 5.80. The van der Waals surface area contributed by atoms with Gasteiger partial charge in [0.05, 0.1) is 13.5 Å². The van der Waals surface area contributed by atoms with E-state index in [1.807, 2.05) is 24.3 Å². The molecule has 3 aromatic rings. The van der Waals surface area contributed by atoms with Gasteiger partial charge in [-0.05, 0) is 48.4 Å². The molecule has 0 aliphatic heterocycles. The summed E-state index contributed by atoms with van der Waals surface area (Å²) in [5.41, 5.74) is 1.66. The second-order valence-electron chi connectivity index (χ2n) is 6.63. The number of carbonyl (C=O) groups excluding carboxylic acids is 2. The fourth-order valence-electron chi connectivity index (χ4n) is 2.69. The van der Waals surface area contributed by atoms with E-state index in [1.54, 1.807) is 7.11 Å². The molecule has 0 bridgehead atoms. The standard InChI is InChI=1S/C22H22FN3O5/c1-29-18-8-2-15(3-9-18)12-13-24-19(27)14-30-21(28)11-10-20-25-22(26-31-20)16-4-6-17(23)7-5-16/h2-9H,10-14H2,1H3,(H,24,27). The number of carbonyl (C=O) groups is 2. The maximum Gasteiger partial charge on any atom is 0.306 e. The minimum absolute atomic E-state index is 0.00974. The summed E-state index contributed by atoms with van der Waals surface area (Å²) in [4.78, 5) is 27.8. The fourth-order valence-corrected chi connectivity index (χ4v) is 2.69. The first-order valence-corrected chi connectivity index (χ1v) is 9.67. The van der Waals surface area contributed by atoms with Crippen LogP contribution in [0.3, 0.4) is 0 Å². The number of methoxy groups -OCH3 is 1. The van der Waals surface area contributed by atoms with E-state index in [9.17, 15) is 14.0 Å². The molecule has 1 amide bonds. The molecule has 3 rings (SSSR count). The minimum atomic E-state index is -0.549. The summed E-state index contributed by atoms with van der Waals surface area (Å²) in [6.07, 6.45) is 0.813. The smallest absolute Gasteiger partial charge is 0.306 e. The van der Waals surface area contributed by atoms with Crippen LogP contribution in [0.5, 0.6) is 5.75 Å². The lowest BCUT2D eigenvalue weighted by Crippen LogP contribution is -2.30. The number of nitrogens with one attached hydrogen (secondary N) is 1. The molecule has 9 heteroatoms. The zero-order valence-electron chi connectivity index (χ0n) is 17.0. The van der Waals surface area contributed by atoms with E-state index in [0.717, 1.165) is 11.3 Å². The van der Waals surface area contributed by atoms with Crippen molar-refractivity contribution in [3.8, 4) is 17.1 Å². The Morgan fingerprint density at radius 1 is 1.06 bits per heavy atom. The van der Waals surface area contributed by atoms with Crippen LogP contribution in [0.2, 0.25) is 0 Å². The molecule has 0 saturated heterocycles. The van der Waals surface area contributed by atoms with Crippen LogP contribution in [-0.4, -0.2) is 42.3 Å². The third kappa shape index (κ3) is 6.91. The quantitative estimate of drug-likeness (QED) is 0.496. The molecule has 0 radical (unpaired) electrons. The van der Waals surface area contributed by atoms with Crippen LogP contribution < -0.4 is 10.1 Å². The predicted molar refractivity (Wildman–Crippen MR) is 109 cm³/mol. The van der Waals surface area contributed by atoms with Crippen molar-refractivity contribution in [1.29, 1.82) is 0 Å². The third-order valence-electron chi connectivity index (χ3n) is 4.37. The number of aromatic nitrogens is 2. The molecule has 8 nitrogen and oxygen atoms in total. The average Bonchev–Trinajstić information content (AvgIpc) is 3.26. The molecule has 0 spiro atoms. The van der Waals surface area contributed by atoms with Crippen LogP contribution in [0.1, 0.15) is 17.9 Å². The number of amides is 1. The number of rotatable bonds is 10. The van der Waals surface area contributed by atoms with Crippen LogP contribution in [0.25, 0.3) is 11.4 Å². The number of ether oxygens (including phenoxy) is 2. The first-order chi connectivity index (χ1) is 15.0. The molecule has 162 valence electrons. The molecule has 0 fully saturated rings. The lowest BCUT2D eigenvalue weighted by atomic mass is 10.1. The maximum atomic E-state index is 13.0. The summed E-state index contributed by atoms with van der Waals surface area (Å²) in [5.74, 6) is 0.0387. The minimum Gasteiger partial charge on any atom is -0.497 e. The van der Waals surface area contributed by atoms with Crippen molar-refractivity contribution in [1.82, 2.24) is 15.5 Å². The van der Waals surface area contributed by atoms with Gasteiger partial charge in [0, 0.05) is 18.5 Å². The monoisotopic (exact) mass is 427 g/mol. The van der Waals surface area contributed by atoms with E-state index in [2.05, 4.69) is 15.5 Å². The highest BCUT2D eigenvalue weighted by atomic mass is 19.1. The Hall–Kier alpha value is -3.75. The Morgan fingerprint density at radius 2 is 1.81 bits per heavy atom. The maximum absolute atomic E-state index is 13.0. The van der Waals surface area contributed by atoms with Crippen molar-refractivity contribution < 1.29 is 28.0 Å². The number of aryl methyl sites for hydroxylation is 1. The highest BCUT2D eigenvalue weighted by Gasteiger charge is 2.12. The van der Waals surface area contributed by atoms with Gasteiger partial charge in [-0.15, -0.1) is 0 Å². The summed E-state index contributed by atoms with van der Waals surface area (Å²) >= 11 is 0. The Labute approximate surface area is 178 Å². The Balaban J connectivity index is 1.33. The molecule has 0 saturated carbocycles. The van der Waals surface area contributed by atoms with Crippen molar-refractivity contribution in [3.63, 3.8) is 0 Å². The van der Waals surface area contributed by atoms with Gasteiger partial charge in [-0.1, -0.05) is 17.3 Å². The fraction of sp³-hybridized carbons (Fsp3) is 0.273. The lowest BCUT2D eigenvalue weighted by Gasteiger charge is -2.07. The average molecular weight is 427 g/mol. The first-order valence-electron chi connectivity index (χ1n) is 9.67. The summed E-state index contributed by atoms with van der Waals surface area (Å²) in [6, 6.07) is 13.2. The molecule has 1 aromatic heterocycles. The van der Waals surface area contributed by atoms with Gasteiger partial charge in [-0.25, -0.2) is 4.39 Å². The van der Waals surface area contributed by atoms with Crippen LogP contribution in [0, 0.1) is 5.82 Å². The molecular formula is C22H22FN3O5. The van der Waals surface area contributed by atoms with Gasteiger partial charge in [0.15, 0.2) is 6.61 Å². The SMILES string of the molecule is COc1ccc(CCNC(=O)COC(=O)CCc2nc(-c3ccc(F)cc3)no2)cc1. The normalized spacial score (nSPS) is 10.5. The van der Waals surface area contributed by atoms with Crippen LogP contribution in [-0.2, 0) is 27.2 Å². The Morgan fingerprint density at radius 3 is 2.52 bits per heavy atom. The predicted octanol–water partition coefficient (Wildman–Crippen LogP) is 2.72. The zero-order valence-corrected chi connectivity index (χ0v) is 17.0. The van der Waals surface area contributed by atoms with Gasteiger partial charge in [0.2, 0.25) is 11.7 Å². The molecule has 0 atom stereocenters. The van der Waals surface area contributed by atoms with Gasteiger partial charge in [-0.3, -0.25) is 9.59 Å². The number of hydrogen-bond donors (Lipinski definition) is 1. The largest absolute Gasteiger partial charge is 0.497 e. The molecule has 0 aliphatic carbocycles. The van der Waals surface area contributed by atoms with Crippen molar-refractivity contribution in [3.05, 3.63) is 65.8 Å². The third-order valence-corrected chi connectivity index (χ3v) is 4.37. The van der Waals surface area contributed by atoms with Gasteiger partial charge in [0.1, 0.15) is 11.6 Å². The number of nitrogens with zero attached hydrogens (tertiary/aromatic N) is 2. The second-order valence-corrected chi connectivity index (χ2v) is 6.63. The summed E-state index contributed by atoms with van der Waals surface area (Å²) in [6.45, 7) is 0.0724. The summed E-state index contributed by atoms with van der Waals surface area (Å²) in [7, 11) is 1.60. The van der Waals surface area contributed by atoms with Crippen molar-refractivity contribution >= 4 is 11.9 Å². The zero-order chi connectivity index (χ0) is 22.1. The van der Waals surface area contributed by atoms with Crippen LogP contribution >= 0.6 is 0 Å². The number of halogens is 1. The second kappa shape index (κ2) is 10.9. The summed E-state index contributed by atoms with van der Waals surface area (Å²) < 4.78 is 28.1. The topological polar surface area (TPSA) is 104 Å². The number of benzene rings is 2. The number of hydrogen-bond acceptors (Lipinski definition) is 7. The van der Waals surface area contributed by atoms with Crippen molar-refractivity contribution in [2.45, 2.75) is 19.3 Å². The Bertz CT molecular complexity index is 1000. The molecule has 2 aromatic carbocycles. The molecule has 31 heavy (non-hydrogen) atoms. The van der Waals surface area contributed by atoms with E-state index >= 15 is 0 Å². The van der Waals surface area contributed by atoms with Gasteiger partial charge < -0.3 is 19.3 Å². The number of esters is 1. The van der Waals surface area contributed by atoms with E-state index in [-0.39, 0.29) is 37.1 Å². The van der Waals surface area contributed by atoms with Crippen LogP contribution in [0.15, 0.2) is 53.1 Å². The Kier molecular flexibility index (Phi) is 7.69. The highest BCUT2D eigenvalue weighted by Crippen LogP contribution is 2.16. The van der Waals surface area contributed by atoms with Crippen molar-refractivity contribution in [2.75, 3.05) is 20.3 Å². The molecule has 0 aliphatic rings. The molecular weight excluding hydrogens is 405 g/mol. The van der Waals surface area contributed by atoms with E-state index in [4.69, 9.17) is 14.0 Å². The van der Waals surface area contributed by atoms with Crippen LogP contribution in [0.4, 0.5) is 4.39 Å². The van der Waals surface area contributed by atoms with Crippen molar-refractivity contribution in [2.24, 2.45) is 0 Å².